The van der Waals surface area contributed by atoms with Gasteiger partial charge in [0.15, 0.2) is 11.6 Å². The zero-order valence-corrected chi connectivity index (χ0v) is 18.5. The van der Waals surface area contributed by atoms with E-state index in [1.807, 2.05) is 78.2 Å². The van der Waals surface area contributed by atoms with Crippen LogP contribution < -0.4 is 0 Å². The largest absolute Gasteiger partial charge is 0.289 e. The molecule has 4 heteroatoms. The topological polar surface area (TPSA) is 34.1 Å². The van der Waals surface area contributed by atoms with Crippen LogP contribution in [0.15, 0.2) is 102 Å². The summed E-state index contributed by atoms with van der Waals surface area (Å²) in [6, 6.07) is 29.6. The van der Waals surface area contributed by atoms with E-state index in [9.17, 15) is 9.59 Å². The van der Waals surface area contributed by atoms with Gasteiger partial charge in [0, 0.05) is 31.8 Å². The van der Waals surface area contributed by atoms with E-state index in [0.29, 0.717) is 27.3 Å². The van der Waals surface area contributed by atoms with Crippen molar-refractivity contribution in [3.05, 3.63) is 130 Å². The Morgan fingerprint density at radius 2 is 1.28 bits per heavy atom. The molecule has 0 saturated carbocycles. The highest BCUT2D eigenvalue weighted by Crippen LogP contribution is 2.38. The van der Waals surface area contributed by atoms with Crippen molar-refractivity contribution in [1.82, 2.24) is 0 Å². The molecule has 0 amide bonds. The van der Waals surface area contributed by atoms with E-state index in [2.05, 4.69) is 0 Å². The fourth-order valence-corrected chi connectivity index (χ4v) is 4.97. The van der Waals surface area contributed by atoms with E-state index < -0.39 is 0 Å². The summed E-state index contributed by atoms with van der Waals surface area (Å²) in [5.41, 5.74) is 3.81. The lowest BCUT2D eigenvalue weighted by Gasteiger charge is -2.14. The average Bonchev–Trinajstić information content (AvgIpc) is 3.34. The minimum atomic E-state index is -0.171. The van der Waals surface area contributed by atoms with Gasteiger partial charge in [-0.15, -0.1) is 11.3 Å². The maximum absolute atomic E-state index is 13.6. The van der Waals surface area contributed by atoms with Crippen LogP contribution in [0.2, 0.25) is 5.02 Å². The lowest BCUT2D eigenvalue weighted by atomic mass is 9.88. The number of hydrogen-bond acceptors (Lipinski definition) is 3. The summed E-state index contributed by atoms with van der Waals surface area (Å²) in [7, 11) is 0. The monoisotopic (exact) mass is 452 g/mol. The van der Waals surface area contributed by atoms with Crippen LogP contribution >= 0.6 is 22.9 Å². The zero-order chi connectivity index (χ0) is 22.1. The Morgan fingerprint density at radius 1 is 0.688 bits per heavy atom. The summed E-state index contributed by atoms with van der Waals surface area (Å²) in [5.74, 6) is -0.324. The fraction of sp³-hybridized carbons (Fsp3) is 0. The van der Waals surface area contributed by atoms with E-state index >= 15 is 0 Å². The predicted molar refractivity (Wildman–Crippen MR) is 132 cm³/mol. The number of ketones is 2. The number of halogens is 1. The van der Waals surface area contributed by atoms with Gasteiger partial charge in [-0.25, -0.2) is 0 Å². The molecule has 32 heavy (non-hydrogen) atoms. The van der Waals surface area contributed by atoms with Crippen molar-refractivity contribution in [2.75, 3.05) is 0 Å². The van der Waals surface area contributed by atoms with Crippen molar-refractivity contribution >= 4 is 44.6 Å². The Bertz CT molecular complexity index is 1440. The highest BCUT2D eigenvalue weighted by Gasteiger charge is 2.25. The van der Waals surface area contributed by atoms with Gasteiger partial charge < -0.3 is 0 Å². The molecule has 0 saturated heterocycles. The average molecular weight is 453 g/mol. The van der Waals surface area contributed by atoms with Gasteiger partial charge in [-0.05, 0) is 40.8 Å². The molecular formula is C28H17ClO2S. The normalized spacial score (nSPS) is 10.9. The summed E-state index contributed by atoms with van der Waals surface area (Å²) in [4.78, 5) is 27.3. The Morgan fingerprint density at radius 3 is 1.91 bits per heavy atom. The molecule has 0 spiro atoms. The fourth-order valence-electron chi connectivity index (χ4n) is 3.88. The molecular weight excluding hydrogens is 436 g/mol. The first-order valence-corrected chi connectivity index (χ1v) is 11.4. The maximum Gasteiger partial charge on any atom is 0.195 e. The van der Waals surface area contributed by atoms with E-state index in [4.69, 9.17) is 11.6 Å². The molecule has 2 nitrogen and oxygen atoms in total. The number of fused-ring (bicyclic) bond motifs is 1. The lowest BCUT2D eigenvalue weighted by molar-refractivity contribution is 0.100. The lowest BCUT2D eigenvalue weighted by Crippen LogP contribution is -2.12. The third-order valence-electron chi connectivity index (χ3n) is 5.44. The molecule has 0 radical (unpaired) electrons. The van der Waals surface area contributed by atoms with Crippen LogP contribution in [0, 0.1) is 0 Å². The molecule has 1 aromatic heterocycles. The molecule has 5 rings (SSSR count). The molecule has 4 aromatic carbocycles. The highest BCUT2D eigenvalue weighted by molar-refractivity contribution is 7.17. The molecule has 0 aliphatic rings. The van der Waals surface area contributed by atoms with Gasteiger partial charge in [-0.1, -0.05) is 84.4 Å². The molecule has 0 fully saturated rings. The van der Waals surface area contributed by atoms with Crippen molar-refractivity contribution in [2.45, 2.75) is 0 Å². The first kappa shape index (κ1) is 20.4. The van der Waals surface area contributed by atoms with Gasteiger partial charge in [-0.3, -0.25) is 9.59 Å². The maximum atomic E-state index is 13.6. The molecule has 154 valence electrons. The quantitative estimate of drug-likeness (QED) is 0.256. The standard InChI is InChI=1S/C28H17ClO2S/c29-21-13-11-18(12-14-21)23-17-24(26(30)19-7-3-1-4-8-19)25(28-22(23)15-16-32-28)27(31)20-9-5-2-6-10-20/h1-17H. The van der Waals surface area contributed by atoms with E-state index in [0.717, 1.165) is 21.2 Å². The van der Waals surface area contributed by atoms with Gasteiger partial charge in [-0.2, -0.15) is 0 Å². The molecule has 5 aromatic rings. The van der Waals surface area contributed by atoms with Gasteiger partial charge in [0.25, 0.3) is 0 Å². The summed E-state index contributed by atoms with van der Waals surface area (Å²) in [6.07, 6.45) is 0. The van der Waals surface area contributed by atoms with Crippen molar-refractivity contribution in [1.29, 1.82) is 0 Å². The van der Waals surface area contributed by atoms with Gasteiger partial charge in [0.2, 0.25) is 0 Å². The van der Waals surface area contributed by atoms with Crippen LogP contribution in [-0.4, -0.2) is 11.6 Å². The molecule has 0 atom stereocenters. The van der Waals surface area contributed by atoms with Crippen LogP contribution in [0.4, 0.5) is 0 Å². The molecule has 0 N–H and O–H groups in total. The number of thiophene rings is 1. The van der Waals surface area contributed by atoms with E-state index in [1.54, 1.807) is 24.3 Å². The van der Waals surface area contributed by atoms with Crippen molar-refractivity contribution in [3.8, 4) is 11.1 Å². The van der Waals surface area contributed by atoms with E-state index in [1.165, 1.54) is 11.3 Å². The molecule has 0 bridgehead atoms. The molecule has 0 aliphatic heterocycles. The van der Waals surface area contributed by atoms with Crippen LogP contribution in [0.1, 0.15) is 31.8 Å². The summed E-state index contributed by atoms with van der Waals surface area (Å²) < 4.78 is 0.811. The van der Waals surface area contributed by atoms with Crippen LogP contribution in [0.3, 0.4) is 0 Å². The van der Waals surface area contributed by atoms with Crippen molar-refractivity contribution in [3.63, 3.8) is 0 Å². The summed E-state index contributed by atoms with van der Waals surface area (Å²) in [5, 5.41) is 3.55. The second kappa shape index (κ2) is 8.54. The Balaban J connectivity index is 1.81. The van der Waals surface area contributed by atoms with Crippen LogP contribution in [0.25, 0.3) is 21.2 Å². The third-order valence-corrected chi connectivity index (χ3v) is 6.62. The Labute approximate surface area is 194 Å². The minimum Gasteiger partial charge on any atom is -0.289 e. The molecule has 0 unspecified atom stereocenters. The van der Waals surface area contributed by atoms with E-state index in [-0.39, 0.29) is 11.6 Å². The smallest absolute Gasteiger partial charge is 0.195 e. The SMILES string of the molecule is O=C(c1ccccc1)c1cc(-c2ccc(Cl)cc2)c2ccsc2c1C(=O)c1ccccc1. The number of benzene rings is 4. The predicted octanol–water partition coefficient (Wildman–Crippen LogP) is 7.68. The van der Waals surface area contributed by atoms with Gasteiger partial charge in [0.1, 0.15) is 0 Å². The Kier molecular flexibility index (Phi) is 5.44. The number of carbonyl (C=O) groups excluding carboxylic acids is 2. The van der Waals surface area contributed by atoms with Gasteiger partial charge >= 0.3 is 0 Å². The first-order chi connectivity index (χ1) is 15.6. The minimum absolute atomic E-state index is 0.153. The number of carbonyl (C=O) groups is 2. The Hall–Kier alpha value is -3.53. The number of rotatable bonds is 5. The molecule has 0 aliphatic carbocycles. The second-order valence-corrected chi connectivity index (χ2v) is 8.76. The second-order valence-electron chi connectivity index (χ2n) is 7.41. The van der Waals surface area contributed by atoms with Crippen molar-refractivity contribution < 1.29 is 9.59 Å². The first-order valence-electron chi connectivity index (χ1n) is 10.1. The summed E-state index contributed by atoms with van der Waals surface area (Å²) >= 11 is 7.57. The molecule has 1 heterocycles. The summed E-state index contributed by atoms with van der Waals surface area (Å²) in [6.45, 7) is 0. The highest BCUT2D eigenvalue weighted by atomic mass is 35.5. The van der Waals surface area contributed by atoms with Crippen molar-refractivity contribution in [2.24, 2.45) is 0 Å². The van der Waals surface area contributed by atoms with Crippen LogP contribution in [-0.2, 0) is 0 Å². The van der Waals surface area contributed by atoms with Crippen LogP contribution in [0.5, 0.6) is 0 Å². The number of hydrogen-bond donors (Lipinski definition) is 0. The zero-order valence-electron chi connectivity index (χ0n) is 16.9. The third kappa shape index (κ3) is 3.66. The van der Waals surface area contributed by atoms with Gasteiger partial charge in [0.05, 0.1) is 5.56 Å².